The van der Waals surface area contributed by atoms with Crippen LogP contribution in [0.15, 0.2) is 0 Å². The third-order valence-electron chi connectivity index (χ3n) is 1.88. The lowest BCUT2D eigenvalue weighted by Gasteiger charge is -2.17. The van der Waals surface area contributed by atoms with Crippen molar-refractivity contribution in [1.82, 2.24) is 4.90 Å². The van der Waals surface area contributed by atoms with Gasteiger partial charge in [-0.15, -0.1) is 0 Å². The normalized spacial score (nSPS) is 20.3. The monoisotopic (exact) mass is 140 g/mol. The van der Waals surface area contributed by atoms with Crippen molar-refractivity contribution in [2.45, 2.75) is 26.2 Å². The zero-order chi connectivity index (χ0) is 7.40. The highest BCUT2D eigenvalue weighted by molar-refractivity contribution is 5.73. The van der Waals surface area contributed by atoms with Crippen molar-refractivity contribution in [3.8, 4) is 0 Å². The van der Waals surface area contributed by atoms with Gasteiger partial charge in [0.1, 0.15) is 0 Å². The van der Waals surface area contributed by atoms with Crippen LogP contribution in [0.25, 0.3) is 0 Å². The number of carbonyl (C=O) groups is 1. The fourth-order valence-corrected chi connectivity index (χ4v) is 1.24. The van der Waals surface area contributed by atoms with Crippen LogP contribution in [-0.2, 0) is 4.79 Å². The molecule has 1 radical (unpaired) electrons. The van der Waals surface area contributed by atoms with Gasteiger partial charge in [-0.25, -0.2) is 0 Å². The van der Waals surface area contributed by atoms with Crippen molar-refractivity contribution in [3.05, 3.63) is 6.42 Å². The maximum absolute atomic E-state index is 10.9. The Hall–Kier alpha value is -0.530. The van der Waals surface area contributed by atoms with Crippen LogP contribution in [0.5, 0.6) is 0 Å². The van der Waals surface area contributed by atoms with E-state index in [1.165, 1.54) is 6.42 Å². The molecule has 1 aliphatic rings. The topological polar surface area (TPSA) is 20.3 Å². The van der Waals surface area contributed by atoms with Crippen molar-refractivity contribution < 1.29 is 4.79 Å². The van der Waals surface area contributed by atoms with Crippen LogP contribution in [0.1, 0.15) is 26.2 Å². The third-order valence-corrected chi connectivity index (χ3v) is 1.88. The van der Waals surface area contributed by atoms with E-state index in [4.69, 9.17) is 0 Å². The van der Waals surface area contributed by atoms with Gasteiger partial charge in [0.05, 0.1) is 0 Å². The van der Waals surface area contributed by atoms with Crippen LogP contribution in [-0.4, -0.2) is 23.9 Å². The van der Waals surface area contributed by atoms with Gasteiger partial charge in [-0.1, -0.05) is 0 Å². The van der Waals surface area contributed by atoms with E-state index in [1.54, 1.807) is 6.92 Å². The summed E-state index contributed by atoms with van der Waals surface area (Å²) in [6.45, 7) is 3.52. The molecule has 0 spiro atoms. The Morgan fingerprint density at radius 1 is 1.40 bits per heavy atom. The summed E-state index contributed by atoms with van der Waals surface area (Å²) >= 11 is 0. The molecule has 0 aliphatic carbocycles. The molecule has 1 rings (SSSR count). The molecular weight excluding hydrogens is 126 g/mol. The molecule has 2 nitrogen and oxygen atoms in total. The van der Waals surface area contributed by atoms with E-state index in [1.807, 2.05) is 4.90 Å². The average molecular weight is 140 g/mol. The number of hydrogen-bond donors (Lipinski definition) is 0. The van der Waals surface area contributed by atoms with Crippen molar-refractivity contribution in [3.63, 3.8) is 0 Å². The Morgan fingerprint density at radius 3 is 2.90 bits per heavy atom. The molecule has 0 aromatic carbocycles. The molecule has 0 aromatic heterocycles. The molecule has 2 heteroatoms. The predicted molar refractivity (Wildman–Crippen MR) is 40.4 cm³/mol. The number of nitrogens with zero attached hydrogens (tertiary/aromatic N) is 1. The van der Waals surface area contributed by atoms with E-state index in [0.717, 1.165) is 25.9 Å². The smallest absolute Gasteiger partial charge is 0.219 e. The van der Waals surface area contributed by atoms with Crippen molar-refractivity contribution in [2.24, 2.45) is 0 Å². The summed E-state index contributed by atoms with van der Waals surface area (Å²) in [5.41, 5.74) is 0. The summed E-state index contributed by atoms with van der Waals surface area (Å²) < 4.78 is 0. The Bertz CT molecular complexity index is 114. The van der Waals surface area contributed by atoms with Gasteiger partial charge in [0.15, 0.2) is 0 Å². The van der Waals surface area contributed by atoms with Gasteiger partial charge in [0.25, 0.3) is 0 Å². The van der Waals surface area contributed by atoms with Crippen molar-refractivity contribution in [1.29, 1.82) is 0 Å². The van der Waals surface area contributed by atoms with Crippen LogP contribution in [0, 0.1) is 6.42 Å². The van der Waals surface area contributed by atoms with E-state index >= 15 is 0 Å². The van der Waals surface area contributed by atoms with Crippen LogP contribution >= 0.6 is 0 Å². The highest BCUT2D eigenvalue weighted by Gasteiger charge is 2.10. The molecule has 0 N–H and O–H groups in total. The maximum Gasteiger partial charge on any atom is 0.219 e. The van der Waals surface area contributed by atoms with Crippen molar-refractivity contribution >= 4 is 5.91 Å². The van der Waals surface area contributed by atoms with Crippen molar-refractivity contribution in [2.75, 3.05) is 13.1 Å². The lowest BCUT2D eigenvalue weighted by atomic mass is 10.2. The summed E-state index contributed by atoms with van der Waals surface area (Å²) in [4.78, 5) is 12.8. The predicted octanol–water partition coefficient (Wildman–Crippen LogP) is 1.22. The van der Waals surface area contributed by atoms with Gasteiger partial charge < -0.3 is 4.90 Å². The van der Waals surface area contributed by atoms with E-state index in [9.17, 15) is 4.79 Å². The quantitative estimate of drug-likeness (QED) is 0.495. The van der Waals surface area contributed by atoms with E-state index in [-0.39, 0.29) is 5.91 Å². The molecule has 0 unspecified atom stereocenters. The molecule has 10 heavy (non-hydrogen) atoms. The first-order chi connectivity index (χ1) is 4.80. The molecule has 1 heterocycles. The molecular formula is C8H14NO. The molecule has 0 atom stereocenters. The van der Waals surface area contributed by atoms with Gasteiger partial charge in [-0.3, -0.25) is 4.79 Å². The minimum atomic E-state index is 0.218. The summed E-state index contributed by atoms with van der Waals surface area (Å²) in [7, 11) is 0. The molecule has 1 fully saturated rings. The SMILES string of the molecule is CC(=O)N1CC[CH]CCC1. The van der Waals surface area contributed by atoms with E-state index in [2.05, 4.69) is 6.42 Å². The summed E-state index contributed by atoms with van der Waals surface area (Å²) in [5, 5.41) is 0. The zero-order valence-corrected chi connectivity index (χ0v) is 6.47. The van der Waals surface area contributed by atoms with Crippen LogP contribution in [0.2, 0.25) is 0 Å². The fourth-order valence-electron chi connectivity index (χ4n) is 1.24. The van der Waals surface area contributed by atoms with E-state index < -0.39 is 0 Å². The first kappa shape index (κ1) is 7.58. The highest BCUT2D eigenvalue weighted by atomic mass is 16.2. The standard InChI is InChI=1S/C8H14NO/c1-8(10)9-6-4-2-3-5-7-9/h2H,3-7H2,1H3. The third kappa shape index (κ3) is 2.01. The average Bonchev–Trinajstić information content (AvgIpc) is 2.12. The zero-order valence-electron chi connectivity index (χ0n) is 6.47. The Morgan fingerprint density at radius 2 is 2.20 bits per heavy atom. The van der Waals surface area contributed by atoms with Gasteiger partial charge in [-0.05, 0) is 25.7 Å². The fraction of sp³-hybridized carbons (Fsp3) is 0.750. The largest absolute Gasteiger partial charge is 0.343 e. The summed E-state index contributed by atoms with van der Waals surface area (Å²) in [6, 6.07) is 0. The molecule has 1 amide bonds. The van der Waals surface area contributed by atoms with Gasteiger partial charge in [0.2, 0.25) is 5.91 Å². The van der Waals surface area contributed by atoms with Gasteiger partial charge >= 0.3 is 0 Å². The van der Waals surface area contributed by atoms with Crippen LogP contribution < -0.4 is 0 Å². The van der Waals surface area contributed by atoms with Gasteiger partial charge in [0, 0.05) is 20.0 Å². The molecule has 57 valence electrons. The number of hydrogen-bond acceptors (Lipinski definition) is 1. The molecule has 0 saturated carbocycles. The Kier molecular flexibility index (Phi) is 2.72. The molecule has 1 aliphatic heterocycles. The second-order valence-corrected chi connectivity index (χ2v) is 2.73. The molecule has 0 bridgehead atoms. The minimum Gasteiger partial charge on any atom is -0.343 e. The Labute approximate surface area is 62.2 Å². The first-order valence-corrected chi connectivity index (χ1v) is 3.88. The second-order valence-electron chi connectivity index (χ2n) is 2.73. The number of carbonyl (C=O) groups excluding carboxylic acids is 1. The number of amides is 1. The first-order valence-electron chi connectivity index (χ1n) is 3.88. The highest BCUT2D eigenvalue weighted by Crippen LogP contribution is 2.07. The minimum absolute atomic E-state index is 0.218. The number of rotatable bonds is 0. The second kappa shape index (κ2) is 3.59. The lowest BCUT2D eigenvalue weighted by Crippen LogP contribution is -2.29. The van der Waals surface area contributed by atoms with Crippen LogP contribution in [0.4, 0.5) is 0 Å². The summed E-state index contributed by atoms with van der Waals surface area (Å²) in [6.07, 6.45) is 5.64. The van der Waals surface area contributed by atoms with E-state index in [0.29, 0.717) is 0 Å². The lowest BCUT2D eigenvalue weighted by molar-refractivity contribution is -0.128. The maximum atomic E-state index is 10.9. The van der Waals surface area contributed by atoms with Crippen LogP contribution in [0.3, 0.4) is 0 Å². The Balaban J connectivity index is 2.35. The van der Waals surface area contributed by atoms with Gasteiger partial charge in [-0.2, -0.15) is 0 Å². The molecule has 1 saturated heterocycles. The summed E-state index contributed by atoms with van der Waals surface area (Å²) in [5.74, 6) is 0.218. The number of likely N-dealkylation sites (tertiary alicyclic amines) is 1. The molecule has 0 aromatic rings.